The molecule has 2 aliphatic rings. The van der Waals surface area contributed by atoms with Crippen LogP contribution in [0.1, 0.15) is 51.1 Å². The molecule has 1 aromatic carbocycles. The Morgan fingerprint density at radius 3 is 2.56 bits per heavy atom. The standard InChI is InChI=1S/C20H27FN2O3S/c1-12(13-6-10-16(21)11-7-13)22-19-23-18(25)20(2,27-19)15-8-4-14(5-9-15)17(24)26-3/h6-7,10-12,14-15,18,25H,4-5,8-9H2,1-3H3,(H,22,23)/t12-,14?,15?,18?,20?/m0/s1. The minimum absolute atomic E-state index is 0.0296. The summed E-state index contributed by atoms with van der Waals surface area (Å²) in [6, 6.07) is 6.19. The molecule has 148 valence electrons. The van der Waals surface area contributed by atoms with E-state index in [9.17, 15) is 14.3 Å². The molecular weight excluding hydrogens is 367 g/mol. The summed E-state index contributed by atoms with van der Waals surface area (Å²) in [6.07, 6.45) is 2.64. The summed E-state index contributed by atoms with van der Waals surface area (Å²) in [5.74, 6) is -0.137. The molecule has 1 heterocycles. The van der Waals surface area contributed by atoms with Crippen LogP contribution < -0.4 is 5.32 Å². The Morgan fingerprint density at radius 2 is 1.96 bits per heavy atom. The number of aliphatic imine (C=N–C) groups is 1. The maximum atomic E-state index is 13.1. The fourth-order valence-corrected chi connectivity index (χ4v) is 5.36. The van der Waals surface area contributed by atoms with Crippen molar-refractivity contribution in [1.82, 2.24) is 5.32 Å². The van der Waals surface area contributed by atoms with Crippen LogP contribution >= 0.6 is 11.8 Å². The van der Waals surface area contributed by atoms with E-state index in [0.29, 0.717) is 11.1 Å². The lowest BCUT2D eigenvalue weighted by Gasteiger charge is -2.38. The number of amidine groups is 1. The topological polar surface area (TPSA) is 70.9 Å². The van der Waals surface area contributed by atoms with E-state index in [2.05, 4.69) is 17.2 Å². The molecule has 2 N–H and O–H groups in total. The van der Waals surface area contributed by atoms with E-state index in [1.807, 2.05) is 6.92 Å². The third-order valence-corrected chi connectivity index (χ3v) is 7.27. The second-order valence-corrected chi connectivity index (χ2v) is 9.04. The van der Waals surface area contributed by atoms with Crippen molar-refractivity contribution in [3.05, 3.63) is 35.6 Å². The molecule has 0 bridgehead atoms. The van der Waals surface area contributed by atoms with Gasteiger partial charge in [0.05, 0.1) is 23.8 Å². The molecule has 1 aliphatic carbocycles. The van der Waals surface area contributed by atoms with Crippen LogP contribution in [0.5, 0.6) is 0 Å². The van der Waals surface area contributed by atoms with E-state index in [4.69, 9.17) is 4.74 Å². The van der Waals surface area contributed by atoms with Crippen LogP contribution in [-0.2, 0) is 9.53 Å². The van der Waals surface area contributed by atoms with E-state index in [1.54, 1.807) is 23.9 Å². The zero-order chi connectivity index (χ0) is 19.6. The fourth-order valence-electron chi connectivity index (χ4n) is 3.98. The van der Waals surface area contributed by atoms with Crippen LogP contribution in [0.2, 0.25) is 0 Å². The van der Waals surface area contributed by atoms with Gasteiger partial charge < -0.3 is 15.2 Å². The Morgan fingerprint density at radius 1 is 1.33 bits per heavy atom. The first kappa shape index (κ1) is 20.1. The number of aliphatic hydroxyl groups excluding tert-OH is 1. The molecule has 7 heteroatoms. The van der Waals surface area contributed by atoms with Crippen molar-refractivity contribution in [1.29, 1.82) is 0 Å². The van der Waals surface area contributed by atoms with Crippen molar-refractivity contribution in [2.75, 3.05) is 7.11 Å². The number of aliphatic hydroxyl groups is 1. The van der Waals surface area contributed by atoms with E-state index in [0.717, 1.165) is 31.2 Å². The molecule has 1 aliphatic heterocycles. The van der Waals surface area contributed by atoms with Gasteiger partial charge in [-0.2, -0.15) is 0 Å². The zero-order valence-corrected chi connectivity index (χ0v) is 16.8. The number of ether oxygens (including phenoxy) is 1. The van der Waals surface area contributed by atoms with Crippen molar-refractivity contribution >= 4 is 22.9 Å². The first-order valence-corrected chi connectivity index (χ1v) is 10.2. The highest BCUT2D eigenvalue weighted by Crippen LogP contribution is 2.48. The lowest BCUT2D eigenvalue weighted by Crippen LogP contribution is -2.46. The number of nitrogens with one attached hydrogen (secondary N) is 1. The molecule has 1 saturated heterocycles. The highest BCUT2D eigenvalue weighted by molar-refractivity contribution is 8.15. The quantitative estimate of drug-likeness (QED) is 0.763. The number of benzene rings is 1. The lowest BCUT2D eigenvalue weighted by atomic mass is 9.75. The molecular formula is C20H27FN2O3S. The highest BCUT2D eigenvalue weighted by atomic mass is 32.2. The highest BCUT2D eigenvalue weighted by Gasteiger charge is 2.49. The normalized spacial score (nSPS) is 33.5. The SMILES string of the molecule is COC(=O)C1CCC(C2(C)SC(=N[C@@H](C)c3ccc(F)cc3)NC2O)CC1. The number of halogens is 1. The Balaban J connectivity index is 1.66. The zero-order valence-electron chi connectivity index (χ0n) is 15.9. The molecule has 27 heavy (non-hydrogen) atoms. The fraction of sp³-hybridized carbons (Fsp3) is 0.600. The summed E-state index contributed by atoms with van der Waals surface area (Å²) >= 11 is 1.57. The molecule has 1 aromatic rings. The lowest BCUT2D eigenvalue weighted by molar-refractivity contribution is -0.147. The molecule has 3 rings (SSSR count). The summed E-state index contributed by atoms with van der Waals surface area (Å²) in [7, 11) is 1.43. The number of methoxy groups -OCH3 is 1. The number of carbonyl (C=O) groups is 1. The maximum Gasteiger partial charge on any atom is 0.308 e. The summed E-state index contributed by atoms with van der Waals surface area (Å²) < 4.78 is 17.6. The number of thioether (sulfide) groups is 1. The van der Waals surface area contributed by atoms with Gasteiger partial charge in [-0.3, -0.25) is 9.79 Å². The minimum Gasteiger partial charge on any atom is -0.469 e. The molecule has 5 nitrogen and oxygen atoms in total. The number of esters is 1. The van der Waals surface area contributed by atoms with Crippen LogP contribution in [0, 0.1) is 17.7 Å². The second-order valence-electron chi connectivity index (χ2n) is 7.57. The van der Waals surface area contributed by atoms with Gasteiger partial charge in [0.1, 0.15) is 12.0 Å². The molecule has 0 amide bonds. The van der Waals surface area contributed by atoms with Crippen molar-refractivity contribution < 1.29 is 19.0 Å². The largest absolute Gasteiger partial charge is 0.469 e. The van der Waals surface area contributed by atoms with Gasteiger partial charge in [-0.25, -0.2) is 4.39 Å². The average molecular weight is 395 g/mol. The van der Waals surface area contributed by atoms with Crippen LogP contribution in [0.15, 0.2) is 29.3 Å². The predicted octanol–water partition coefficient (Wildman–Crippen LogP) is 3.64. The summed E-state index contributed by atoms with van der Waals surface area (Å²) in [4.78, 5) is 16.4. The van der Waals surface area contributed by atoms with Gasteiger partial charge in [0.25, 0.3) is 0 Å². The number of carbonyl (C=O) groups excluding carboxylic acids is 1. The maximum absolute atomic E-state index is 13.1. The van der Waals surface area contributed by atoms with Gasteiger partial charge in [0, 0.05) is 0 Å². The second kappa shape index (κ2) is 8.19. The van der Waals surface area contributed by atoms with E-state index < -0.39 is 6.23 Å². The molecule has 3 atom stereocenters. The first-order chi connectivity index (χ1) is 12.8. The number of rotatable bonds is 4. The molecule has 0 spiro atoms. The van der Waals surface area contributed by atoms with Crippen LogP contribution in [0.25, 0.3) is 0 Å². The van der Waals surface area contributed by atoms with Crippen molar-refractivity contribution in [3.63, 3.8) is 0 Å². The Labute approximate surface area is 163 Å². The smallest absolute Gasteiger partial charge is 0.308 e. The van der Waals surface area contributed by atoms with Crippen molar-refractivity contribution in [2.45, 2.75) is 56.5 Å². The van der Waals surface area contributed by atoms with Gasteiger partial charge in [0.2, 0.25) is 0 Å². The van der Waals surface area contributed by atoms with Gasteiger partial charge >= 0.3 is 5.97 Å². The van der Waals surface area contributed by atoms with Crippen LogP contribution in [0.4, 0.5) is 4.39 Å². The van der Waals surface area contributed by atoms with Gasteiger partial charge in [-0.1, -0.05) is 23.9 Å². The van der Waals surface area contributed by atoms with E-state index in [-0.39, 0.29) is 28.5 Å². The minimum atomic E-state index is -0.693. The van der Waals surface area contributed by atoms with Gasteiger partial charge in [-0.05, 0) is 63.1 Å². The number of hydrogen-bond acceptors (Lipinski definition) is 5. The molecule has 0 radical (unpaired) electrons. The number of hydrogen-bond donors (Lipinski definition) is 2. The third-order valence-electron chi connectivity index (χ3n) is 5.86. The monoisotopic (exact) mass is 394 g/mol. The van der Waals surface area contributed by atoms with Crippen molar-refractivity contribution in [3.8, 4) is 0 Å². The average Bonchev–Trinajstić information content (AvgIpc) is 2.96. The summed E-state index contributed by atoms with van der Waals surface area (Å²) in [5, 5.41) is 14.5. The predicted molar refractivity (Wildman–Crippen MR) is 105 cm³/mol. The molecule has 1 saturated carbocycles. The van der Waals surface area contributed by atoms with Gasteiger partial charge in [-0.15, -0.1) is 0 Å². The Kier molecular flexibility index (Phi) is 6.11. The number of nitrogens with zero attached hydrogens (tertiary/aromatic N) is 1. The Hall–Kier alpha value is -1.60. The van der Waals surface area contributed by atoms with Crippen LogP contribution in [0.3, 0.4) is 0 Å². The molecule has 2 unspecified atom stereocenters. The molecule has 2 fully saturated rings. The van der Waals surface area contributed by atoms with E-state index >= 15 is 0 Å². The Bertz CT molecular complexity index is 704. The molecule has 0 aromatic heterocycles. The van der Waals surface area contributed by atoms with Crippen molar-refractivity contribution in [2.24, 2.45) is 16.8 Å². The summed E-state index contributed by atoms with van der Waals surface area (Å²) in [5.41, 5.74) is 0.924. The van der Waals surface area contributed by atoms with Crippen LogP contribution in [-0.4, -0.2) is 34.3 Å². The third kappa shape index (κ3) is 4.29. The summed E-state index contributed by atoms with van der Waals surface area (Å²) in [6.45, 7) is 4.01. The van der Waals surface area contributed by atoms with E-state index in [1.165, 1.54) is 19.2 Å². The first-order valence-electron chi connectivity index (χ1n) is 9.38. The van der Waals surface area contributed by atoms with Gasteiger partial charge in [0.15, 0.2) is 5.17 Å².